The maximum Gasteiger partial charge on any atom is 0.132 e. The molecule has 1 aliphatic rings. The van der Waals surface area contributed by atoms with E-state index in [1.807, 2.05) is 24.9 Å². The van der Waals surface area contributed by atoms with Crippen LogP contribution in [0.15, 0.2) is 6.20 Å². The molecule has 3 rings (SSSR count). The van der Waals surface area contributed by atoms with Gasteiger partial charge in [-0.2, -0.15) is 5.10 Å². The summed E-state index contributed by atoms with van der Waals surface area (Å²) < 4.78 is 4.00. The molecule has 5 nitrogen and oxygen atoms in total. The Morgan fingerprint density at radius 1 is 1.44 bits per heavy atom. The van der Waals surface area contributed by atoms with E-state index in [1.165, 1.54) is 12.8 Å². The minimum Gasteiger partial charge on any atom is -0.383 e. The largest absolute Gasteiger partial charge is 0.383 e. The highest BCUT2D eigenvalue weighted by Gasteiger charge is 2.29. The van der Waals surface area contributed by atoms with Gasteiger partial charge in [0.15, 0.2) is 0 Å². The predicted octanol–water partition coefficient (Wildman–Crippen LogP) is 2.07. The van der Waals surface area contributed by atoms with Crippen molar-refractivity contribution in [3.8, 4) is 11.3 Å². The average molecular weight is 245 g/mol. The van der Waals surface area contributed by atoms with Crippen LogP contribution < -0.4 is 5.73 Å². The van der Waals surface area contributed by atoms with Crippen LogP contribution in [0.2, 0.25) is 0 Å². The SMILES string of the molecule is CCc1nn(C)cc1-c1nc(C)n(C2CC2)c1N. The topological polar surface area (TPSA) is 61.7 Å². The van der Waals surface area contributed by atoms with Crippen molar-refractivity contribution in [2.75, 3.05) is 5.73 Å². The molecule has 0 radical (unpaired) electrons. The van der Waals surface area contributed by atoms with Crippen LogP contribution in [-0.4, -0.2) is 19.3 Å². The molecule has 1 aliphatic carbocycles. The number of nitrogens with two attached hydrogens (primary N) is 1. The molecule has 5 heteroatoms. The summed E-state index contributed by atoms with van der Waals surface area (Å²) in [5.41, 5.74) is 9.30. The number of aryl methyl sites for hydroxylation is 3. The number of nitrogen functional groups attached to an aromatic ring is 1. The van der Waals surface area contributed by atoms with Crippen molar-refractivity contribution in [1.82, 2.24) is 19.3 Å². The van der Waals surface area contributed by atoms with Gasteiger partial charge < -0.3 is 10.3 Å². The standard InChI is InChI=1S/C13H19N5/c1-4-11-10(7-17(3)16-11)12-13(14)18(8(2)15-12)9-5-6-9/h7,9H,4-6,14H2,1-3H3. The number of hydrogen-bond acceptors (Lipinski definition) is 3. The molecule has 0 unspecified atom stereocenters. The van der Waals surface area contributed by atoms with Gasteiger partial charge in [-0.1, -0.05) is 6.92 Å². The van der Waals surface area contributed by atoms with E-state index in [0.717, 1.165) is 35.0 Å². The fourth-order valence-electron chi connectivity index (χ4n) is 2.55. The lowest BCUT2D eigenvalue weighted by atomic mass is 10.1. The highest BCUT2D eigenvalue weighted by Crippen LogP contribution is 2.41. The summed E-state index contributed by atoms with van der Waals surface area (Å²) in [6, 6.07) is 0.563. The van der Waals surface area contributed by atoms with Crippen molar-refractivity contribution in [2.24, 2.45) is 7.05 Å². The fourth-order valence-corrected chi connectivity index (χ4v) is 2.55. The van der Waals surface area contributed by atoms with Crippen molar-refractivity contribution < 1.29 is 0 Å². The van der Waals surface area contributed by atoms with E-state index >= 15 is 0 Å². The maximum absolute atomic E-state index is 6.27. The lowest BCUT2D eigenvalue weighted by molar-refractivity contribution is 0.720. The van der Waals surface area contributed by atoms with Gasteiger partial charge in [-0.05, 0) is 26.2 Å². The Balaban J connectivity index is 2.13. The van der Waals surface area contributed by atoms with Gasteiger partial charge in [0.05, 0.1) is 5.69 Å². The molecule has 0 bridgehead atoms. The van der Waals surface area contributed by atoms with Gasteiger partial charge in [0.1, 0.15) is 17.3 Å². The number of hydrogen-bond donors (Lipinski definition) is 1. The Hall–Kier alpha value is -1.78. The number of aromatic nitrogens is 4. The molecule has 1 saturated carbocycles. The zero-order valence-corrected chi connectivity index (χ0v) is 11.1. The Labute approximate surface area is 107 Å². The van der Waals surface area contributed by atoms with Crippen LogP contribution in [0, 0.1) is 6.92 Å². The summed E-state index contributed by atoms with van der Waals surface area (Å²) in [7, 11) is 1.93. The molecule has 2 aromatic rings. The molecule has 18 heavy (non-hydrogen) atoms. The molecule has 0 atom stereocenters. The minimum atomic E-state index is 0.563. The van der Waals surface area contributed by atoms with Crippen LogP contribution in [0.25, 0.3) is 11.3 Å². The van der Waals surface area contributed by atoms with Crippen molar-refractivity contribution >= 4 is 5.82 Å². The van der Waals surface area contributed by atoms with E-state index in [4.69, 9.17) is 5.73 Å². The van der Waals surface area contributed by atoms with Gasteiger partial charge in [0.25, 0.3) is 0 Å². The smallest absolute Gasteiger partial charge is 0.132 e. The number of rotatable bonds is 3. The summed E-state index contributed by atoms with van der Waals surface area (Å²) in [6.45, 7) is 4.13. The molecule has 2 aromatic heterocycles. The summed E-state index contributed by atoms with van der Waals surface area (Å²) >= 11 is 0. The van der Waals surface area contributed by atoms with Crippen molar-refractivity contribution in [2.45, 2.75) is 39.2 Å². The van der Waals surface area contributed by atoms with Gasteiger partial charge in [-0.15, -0.1) is 0 Å². The summed E-state index contributed by atoms with van der Waals surface area (Å²) in [6.07, 6.45) is 5.34. The van der Waals surface area contributed by atoms with Crippen molar-refractivity contribution in [1.29, 1.82) is 0 Å². The first-order chi connectivity index (χ1) is 8.61. The van der Waals surface area contributed by atoms with E-state index in [2.05, 4.69) is 21.6 Å². The normalized spacial score (nSPS) is 15.3. The molecule has 2 heterocycles. The summed E-state index contributed by atoms with van der Waals surface area (Å²) in [5, 5.41) is 4.46. The first kappa shape index (κ1) is 11.3. The number of nitrogens with zero attached hydrogens (tertiary/aromatic N) is 4. The van der Waals surface area contributed by atoms with E-state index in [-0.39, 0.29) is 0 Å². The van der Waals surface area contributed by atoms with Crippen LogP contribution in [0.1, 0.15) is 37.3 Å². The quantitative estimate of drug-likeness (QED) is 0.900. The molecule has 0 aromatic carbocycles. The maximum atomic E-state index is 6.27. The molecular weight excluding hydrogens is 226 g/mol. The second-order valence-corrected chi connectivity index (χ2v) is 5.01. The van der Waals surface area contributed by atoms with Crippen LogP contribution >= 0.6 is 0 Å². The van der Waals surface area contributed by atoms with Crippen LogP contribution in [0.5, 0.6) is 0 Å². The zero-order valence-electron chi connectivity index (χ0n) is 11.1. The van der Waals surface area contributed by atoms with Gasteiger partial charge in [0.2, 0.25) is 0 Å². The van der Waals surface area contributed by atoms with E-state index in [0.29, 0.717) is 6.04 Å². The monoisotopic (exact) mass is 245 g/mol. The minimum absolute atomic E-state index is 0.563. The van der Waals surface area contributed by atoms with Gasteiger partial charge in [-0.25, -0.2) is 4.98 Å². The third-order valence-electron chi connectivity index (χ3n) is 3.53. The van der Waals surface area contributed by atoms with Crippen molar-refractivity contribution in [3.05, 3.63) is 17.7 Å². The van der Waals surface area contributed by atoms with Crippen LogP contribution in [0.3, 0.4) is 0 Å². The lowest BCUT2D eigenvalue weighted by Gasteiger charge is -2.04. The van der Waals surface area contributed by atoms with Crippen molar-refractivity contribution in [3.63, 3.8) is 0 Å². The molecular formula is C13H19N5. The first-order valence-electron chi connectivity index (χ1n) is 6.49. The van der Waals surface area contributed by atoms with E-state index < -0.39 is 0 Å². The van der Waals surface area contributed by atoms with E-state index in [1.54, 1.807) is 0 Å². The van der Waals surface area contributed by atoms with Gasteiger partial charge in [0, 0.05) is 24.8 Å². The lowest BCUT2D eigenvalue weighted by Crippen LogP contribution is -2.02. The number of anilines is 1. The first-order valence-corrected chi connectivity index (χ1v) is 6.49. The molecule has 0 amide bonds. The van der Waals surface area contributed by atoms with Gasteiger partial charge >= 0.3 is 0 Å². The summed E-state index contributed by atoms with van der Waals surface area (Å²) in [4.78, 5) is 4.65. The molecule has 0 saturated heterocycles. The molecule has 1 fully saturated rings. The van der Waals surface area contributed by atoms with Crippen LogP contribution in [0.4, 0.5) is 5.82 Å². The Bertz CT molecular complexity index is 589. The average Bonchev–Trinajstić information content (AvgIpc) is 3.02. The third kappa shape index (κ3) is 1.62. The molecule has 2 N–H and O–H groups in total. The molecule has 0 aliphatic heterocycles. The Morgan fingerprint density at radius 2 is 2.17 bits per heavy atom. The summed E-state index contributed by atoms with van der Waals surface area (Å²) in [5.74, 6) is 1.80. The van der Waals surface area contributed by atoms with Gasteiger partial charge in [-0.3, -0.25) is 4.68 Å². The Morgan fingerprint density at radius 3 is 2.78 bits per heavy atom. The number of imidazole rings is 1. The highest BCUT2D eigenvalue weighted by atomic mass is 15.3. The van der Waals surface area contributed by atoms with E-state index in [9.17, 15) is 0 Å². The predicted molar refractivity (Wildman–Crippen MR) is 71.2 cm³/mol. The zero-order chi connectivity index (χ0) is 12.9. The fraction of sp³-hybridized carbons (Fsp3) is 0.538. The van der Waals surface area contributed by atoms with Crippen LogP contribution in [-0.2, 0) is 13.5 Å². The Kier molecular flexibility index (Phi) is 2.43. The second-order valence-electron chi connectivity index (χ2n) is 5.01. The third-order valence-corrected chi connectivity index (χ3v) is 3.53. The molecule has 0 spiro atoms. The molecule has 96 valence electrons. The second kappa shape index (κ2) is 3.86. The highest BCUT2D eigenvalue weighted by molar-refractivity contribution is 5.72.